The first-order valence-electron chi connectivity index (χ1n) is 2.95. The van der Waals surface area contributed by atoms with Gasteiger partial charge in [0.1, 0.15) is 23.0 Å². The van der Waals surface area contributed by atoms with E-state index in [2.05, 4.69) is 25.2 Å². The molecule has 1 rings (SSSR count). The zero-order valence-corrected chi connectivity index (χ0v) is 7.46. The van der Waals surface area contributed by atoms with Gasteiger partial charge in [-0.25, -0.2) is 0 Å². The predicted octanol–water partition coefficient (Wildman–Crippen LogP) is 2.63. The average Bonchev–Trinajstić information content (AvgIpc) is 1.90. The lowest BCUT2D eigenvalue weighted by Gasteiger charge is -2.09. The highest BCUT2D eigenvalue weighted by Gasteiger charge is 2.04. The van der Waals surface area contributed by atoms with Gasteiger partial charge in [0.05, 0.1) is 6.10 Å². The van der Waals surface area contributed by atoms with Crippen LogP contribution in [-0.2, 0) is 3.07 Å². The van der Waals surface area contributed by atoms with E-state index in [1.807, 2.05) is 23.0 Å². The molecule has 0 bridgehead atoms. The maximum Gasteiger partial charge on any atom is 0.110 e. The van der Waals surface area contributed by atoms with Crippen molar-refractivity contribution in [3.05, 3.63) is 23.8 Å². The van der Waals surface area contributed by atoms with Crippen molar-refractivity contribution in [1.29, 1.82) is 0 Å². The summed E-state index contributed by atoms with van der Waals surface area (Å²) in [7, 11) is 0. The van der Waals surface area contributed by atoms with E-state index in [0.717, 1.165) is 6.42 Å². The van der Waals surface area contributed by atoms with Crippen LogP contribution < -0.4 is 0 Å². The van der Waals surface area contributed by atoms with Crippen LogP contribution in [0.15, 0.2) is 23.8 Å². The van der Waals surface area contributed by atoms with Crippen LogP contribution in [0.25, 0.3) is 0 Å². The molecule has 0 aliphatic heterocycles. The van der Waals surface area contributed by atoms with Crippen molar-refractivity contribution in [3.8, 4) is 0 Å². The van der Waals surface area contributed by atoms with E-state index in [4.69, 9.17) is 3.07 Å². The first-order valence-corrected chi connectivity index (χ1v) is 3.83. The van der Waals surface area contributed by atoms with Gasteiger partial charge in [-0.2, -0.15) is 0 Å². The van der Waals surface area contributed by atoms with Gasteiger partial charge in [0, 0.05) is 0 Å². The van der Waals surface area contributed by atoms with Crippen molar-refractivity contribution in [2.75, 3.05) is 0 Å². The molecule has 1 atom stereocenters. The summed E-state index contributed by atoms with van der Waals surface area (Å²) < 4.78 is 5.08. The fourth-order valence-corrected chi connectivity index (χ4v) is 1.15. The van der Waals surface area contributed by atoms with Crippen molar-refractivity contribution < 1.29 is 3.07 Å². The number of allylic oxidation sites excluding steroid dienone is 2. The standard InChI is InChI=1S/C7H9IO/c1-6-2-4-7(9-8)5-3-6/h2-4,7H,5H2,1H3. The van der Waals surface area contributed by atoms with E-state index in [1.165, 1.54) is 5.57 Å². The molecule has 0 aromatic heterocycles. The molecule has 0 heterocycles. The molecule has 50 valence electrons. The Morgan fingerprint density at radius 1 is 1.78 bits per heavy atom. The smallest absolute Gasteiger partial charge is 0.110 e. The maximum absolute atomic E-state index is 5.08. The molecule has 0 spiro atoms. The fourth-order valence-electron chi connectivity index (χ4n) is 0.774. The maximum atomic E-state index is 5.08. The minimum atomic E-state index is 0.300. The first kappa shape index (κ1) is 7.28. The monoisotopic (exact) mass is 236 g/mol. The van der Waals surface area contributed by atoms with Crippen LogP contribution in [0.2, 0.25) is 0 Å². The molecule has 0 N–H and O–H groups in total. The quantitative estimate of drug-likeness (QED) is 0.636. The van der Waals surface area contributed by atoms with Gasteiger partial charge in [-0.05, 0) is 13.3 Å². The second-order valence-electron chi connectivity index (χ2n) is 2.17. The van der Waals surface area contributed by atoms with Crippen molar-refractivity contribution >= 4 is 23.0 Å². The minimum absolute atomic E-state index is 0.300. The lowest BCUT2D eigenvalue weighted by Crippen LogP contribution is -2.04. The Morgan fingerprint density at radius 2 is 2.56 bits per heavy atom. The Balaban J connectivity index is 2.48. The summed E-state index contributed by atoms with van der Waals surface area (Å²) in [4.78, 5) is 0. The zero-order valence-electron chi connectivity index (χ0n) is 5.30. The highest BCUT2D eigenvalue weighted by Crippen LogP contribution is 2.14. The van der Waals surface area contributed by atoms with Crippen LogP contribution in [-0.4, -0.2) is 6.10 Å². The Hall–Kier alpha value is 0.170. The molecule has 0 amide bonds. The molecule has 0 aromatic rings. The highest BCUT2D eigenvalue weighted by atomic mass is 127. The van der Waals surface area contributed by atoms with Crippen LogP contribution in [0.1, 0.15) is 13.3 Å². The molecule has 0 radical (unpaired) electrons. The molecule has 1 aliphatic rings. The third kappa shape index (κ3) is 2.10. The normalized spacial score (nSPS) is 26.0. The molecule has 0 saturated heterocycles. The second-order valence-corrected chi connectivity index (χ2v) is 2.68. The van der Waals surface area contributed by atoms with E-state index in [9.17, 15) is 0 Å². The van der Waals surface area contributed by atoms with Crippen LogP contribution in [0.5, 0.6) is 0 Å². The van der Waals surface area contributed by atoms with Gasteiger partial charge in [0.25, 0.3) is 0 Å². The molecule has 0 saturated carbocycles. The summed E-state index contributed by atoms with van der Waals surface area (Å²) in [6.45, 7) is 2.10. The Morgan fingerprint density at radius 3 is 3.00 bits per heavy atom. The van der Waals surface area contributed by atoms with Gasteiger partial charge in [-0.15, -0.1) is 0 Å². The van der Waals surface area contributed by atoms with Crippen molar-refractivity contribution in [3.63, 3.8) is 0 Å². The molecule has 0 fully saturated rings. The zero-order chi connectivity index (χ0) is 6.69. The largest absolute Gasteiger partial charge is 0.308 e. The SMILES string of the molecule is CC1=CCC(OI)C=C1. The van der Waals surface area contributed by atoms with Crippen molar-refractivity contribution in [2.24, 2.45) is 0 Å². The lowest BCUT2D eigenvalue weighted by atomic mass is 10.1. The van der Waals surface area contributed by atoms with Gasteiger partial charge in [-0.1, -0.05) is 23.8 Å². The van der Waals surface area contributed by atoms with Gasteiger partial charge >= 0.3 is 0 Å². The van der Waals surface area contributed by atoms with Gasteiger partial charge in [-0.3, -0.25) is 0 Å². The second kappa shape index (κ2) is 3.37. The molecule has 1 aliphatic carbocycles. The predicted molar refractivity (Wildman–Crippen MR) is 46.4 cm³/mol. The van der Waals surface area contributed by atoms with Gasteiger partial charge in [0.2, 0.25) is 0 Å². The Kier molecular flexibility index (Phi) is 2.72. The van der Waals surface area contributed by atoms with Crippen molar-refractivity contribution in [2.45, 2.75) is 19.4 Å². The molecule has 0 aromatic carbocycles. The number of hydrogen-bond donors (Lipinski definition) is 0. The summed E-state index contributed by atoms with van der Waals surface area (Å²) in [6.07, 6.45) is 7.68. The molecule has 9 heavy (non-hydrogen) atoms. The summed E-state index contributed by atoms with van der Waals surface area (Å²) in [5.41, 5.74) is 1.33. The van der Waals surface area contributed by atoms with Crippen molar-refractivity contribution in [1.82, 2.24) is 0 Å². The average molecular weight is 236 g/mol. The van der Waals surface area contributed by atoms with E-state index in [-0.39, 0.29) is 0 Å². The van der Waals surface area contributed by atoms with Crippen LogP contribution in [0.3, 0.4) is 0 Å². The van der Waals surface area contributed by atoms with Crippen LogP contribution in [0.4, 0.5) is 0 Å². The third-order valence-corrected chi connectivity index (χ3v) is 2.01. The molecule has 1 nitrogen and oxygen atoms in total. The molecular formula is C7H9IO. The Labute approximate surface area is 69.5 Å². The number of halogens is 1. The summed E-state index contributed by atoms with van der Waals surface area (Å²) >= 11 is 1.93. The molecular weight excluding hydrogens is 227 g/mol. The lowest BCUT2D eigenvalue weighted by molar-refractivity contribution is 0.344. The van der Waals surface area contributed by atoms with Crippen LogP contribution >= 0.6 is 23.0 Å². The fraction of sp³-hybridized carbons (Fsp3) is 0.429. The minimum Gasteiger partial charge on any atom is -0.308 e. The van der Waals surface area contributed by atoms with Gasteiger partial charge in [0.15, 0.2) is 0 Å². The number of hydrogen-bond acceptors (Lipinski definition) is 1. The molecule has 2 heteroatoms. The summed E-state index contributed by atoms with van der Waals surface area (Å²) in [6, 6.07) is 0. The van der Waals surface area contributed by atoms with E-state index in [0.29, 0.717) is 6.10 Å². The first-order chi connectivity index (χ1) is 4.33. The highest BCUT2D eigenvalue weighted by molar-refractivity contribution is 14.1. The molecule has 1 unspecified atom stereocenters. The summed E-state index contributed by atoms with van der Waals surface area (Å²) in [5, 5.41) is 0. The Bertz CT molecular complexity index is 149. The summed E-state index contributed by atoms with van der Waals surface area (Å²) in [5.74, 6) is 0. The topological polar surface area (TPSA) is 9.23 Å². The number of rotatable bonds is 1. The third-order valence-electron chi connectivity index (χ3n) is 1.36. The van der Waals surface area contributed by atoms with E-state index < -0.39 is 0 Å². The van der Waals surface area contributed by atoms with Gasteiger partial charge < -0.3 is 3.07 Å². The van der Waals surface area contributed by atoms with E-state index in [1.54, 1.807) is 0 Å². The van der Waals surface area contributed by atoms with E-state index >= 15 is 0 Å². The van der Waals surface area contributed by atoms with Crippen LogP contribution in [0, 0.1) is 0 Å².